The summed E-state index contributed by atoms with van der Waals surface area (Å²) >= 11 is 0. The molecule has 2 aliphatic heterocycles. The van der Waals surface area contributed by atoms with Crippen molar-refractivity contribution in [1.29, 1.82) is 0 Å². The fourth-order valence-electron chi connectivity index (χ4n) is 2.42. The smallest absolute Gasteiger partial charge is 0.220 e. The minimum absolute atomic E-state index is 0.0282. The van der Waals surface area contributed by atoms with Crippen molar-refractivity contribution in [3.8, 4) is 0 Å². The summed E-state index contributed by atoms with van der Waals surface area (Å²) in [6, 6.07) is 0. The van der Waals surface area contributed by atoms with Crippen LogP contribution in [-0.2, 0) is 14.3 Å². The topological polar surface area (TPSA) is 47.6 Å². The fraction of sp³-hybridized carbons (Fsp3) is 0.800. The number of rotatable bonds is 3. The van der Waals surface area contributed by atoms with E-state index in [1.165, 1.54) is 6.42 Å². The molecule has 0 bridgehead atoms. The number of hydrogen-bond donors (Lipinski definition) is 1. The molecule has 0 aromatic rings. The summed E-state index contributed by atoms with van der Waals surface area (Å²) in [4.78, 5) is 11.3. The van der Waals surface area contributed by atoms with Crippen LogP contribution >= 0.6 is 0 Å². The van der Waals surface area contributed by atoms with Crippen LogP contribution < -0.4 is 5.32 Å². The van der Waals surface area contributed by atoms with Crippen LogP contribution in [0.4, 0.5) is 0 Å². The molecule has 0 radical (unpaired) electrons. The minimum Gasteiger partial charge on any atom is -0.355 e. The first-order valence-electron chi connectivity index (χ1n) is 7.18. The summed E-state index contributed by atoms with van der Waals surface area (Å²) in [6.07, 6.45) is 5.96. The standard InChI is InChI=1S/C13H23NO3.C2H4/c1-13(7-4-5-11(15)14-9-13)10-17-12-6-2-3-8-16-12;1-2/h12H,2-10H2,1H3,(H,14,15);1-2H2. The molecule has 2 atom stereocenters. The Morgan fingerprint density at radius 2 is 2.21 bits per heavy atom. The molecule has 4 heteroatoms. The van der Waals surface area contributed by atoms with Crippen molar-refractivity contribution < 1.29 is 14.3 Å². The molecule has 2 rings (SSSR count). The lowest BCUT2D eigenvalue weighted by Crippen LogP contribution is -2.37. The second kappa shape index (κ2) is 8.33. The van der Waals surface area contributed by atoms with Crippen LogP contribution in [-0.4, -0.2) is 32.0 Å². The Hall–Kier alpha value is -0.870. The molecule has 2 saturated heterocycles. The molecule has 2 fully saturated rings. The Morgan fingerprint density at radius 3 is 2.89 bits per heavy atom. The van der Waals surface area contributed by atoms with Crippen molar-refractivity contribution in [2.75, 3.05) is 19.8 Å². The van der Waals surface area contributed by atoms with Gasteiger partial charge >= 0.3 is 0 Å². The number of ether oxygens (including phenoxy) is 2. The van der Waals surface area contributed by atoms with E-state index in [2.05, 4.69) is 25.4 Å². The zero-order chi connectivity index (χ0) is 14.1. The number of carbonyl (C=O) groups is 1. The van der Waals surface area contributed by atoms with Gasteiger partial charge in [0.2, 0.25) is 5.91 Å². The van der Waals surface area contributed by atoms with E-state index >= 15 is 0 Å². The predicted molar refractivity (Wildman–Crippen MR) is 75.8 cm³/mol. The maximum absolute atomic E-state index is 11.3. The molecule has 0 aliphatic carbocycles. The van der Waals surface area contributed by atoms with Gasteiger partial charge in [-0.1, -0.05) is 6.92 Å². The monoisotopic (exact) mass is 269 g/mol. The van der Waals surface area contributed by atoms with Crippen LogP contribution in [0.5, 0.6) is 0 Å². The van der Waals surface area contributed by atoms with Crippen molar-refractivity contribution in [1.82, 2.24) is 5.32 Å². The highest BCUT2D eigenvalue weighted by Gasteiger charge is 2.29. The van der Waals surface area contributed by atoms with E-state index < -0.39 is 0 Å². The first-order valence-corrected chi connectivity index (χ1v) is 7.18. The summed E-state index contributed by atoms with van der Waals surface area (Å²) in [5, 5.41) is 2.96. The number of amides is 1. The van der Waals surface area contributed by atoms with Gasteiger partial charge in [-0.25, -0.2) is 0 Å². The van der Waals surface area contributed by atoms with Gasteiger partial charge in [0, 0.05) is 25.0 Å². The molecule has 19 heavy (non-hydrogen) atoms. The van der Waals surface area contributed by atoms with Gasteiger partial charge in [-0.2, -0.15) is 0 Å². The predicted octanol–water partition coefficient (Wildman–Crippen LogP) is 2.64. The summed E-state index contributed by atoms with van der Waals surface area (Å²) in [5.74, 6) is 0.169. The molecule has 0 spiro atoms. The maximum Gasteiger partial charge on any atom is 0.220 e. The number of carbonyl (C=O) groups excluding carboxylic acids is 1. The summed E-state index contributed by atoms with van der Waals surface area (Å²) in [5.41, 5.74) is 0.0625. The van der Waals surface area contributed by atoms with Crippen LogP contribution in [0.15, 0.2) is 13.2 Å². The fourth-order valence-corrected chi connectivity index (χ4v) is 2.42. The number of hydrogen-bond acceptors (Lipinski definition) is 3. The van der Waals surface area contributed by atoms with Gasteiger partial charge in [0.25, 0.3) is 0 Å². The van der Waals surface area contributed by atoms with Crippen LogP contribution in [0, 0.1) is 5.41 Å². The summed E-state index contributed by atoms with van der Waals surface area (Å²) in [7, 11) is 0. The molecular formula is C15H27NO3. The Morgan fingerprint density at radius 1 is 1.42 bits per heavy atom. The zero-order valence-corrected chi connectivity index (χ0v) is 12.1. The lowest BCUT2D eigenvalue weighted by Gasteiger charge is -2.31. The van der Waals surface area contributed by atoms with E-state index in [0.29, 0.717) is 13.0 Å². The molecule has 0 aromatic heterocycles. The average molecular weight is 269 g/mol. The minimum atomic E-state index is -0.0282. The molecular weight excluding hydrogens is 242 g/mol. The van der Waals surface area contributed by atoms with Crippen molar-refractivity contribution in [3.63, 3.8) is 0 Å². The number of nitrogens with one attached hydrogen (secondary N) is 1. The molecule has 2 heterocycles. The molecule has 0 aromatic carbocycles. The second-order valence-electron chi connectivity index (χ2n) is 5.55. The maximum atomic E-state index is 11.3. The molecule has 1 N–H and O–H groups in total. The molecule has 110 valence electrons. The zero-order valence-electron chi connectivity index (χ0n) is 12.1. The molecule has 4 nitrogen and oxygen atoms in total. The van der Waals surface area contributed by atoms with Crippen LogP contribution in [0.3, 0.4) is 0 Å². The highest BCUT2D eigenvalue weighted by Crippen LogP contribution is 2.27. The molecule has 2 aliphatic rings. The van der Waals surface area contributed by atoms with Crippen LogP contribution in [0.1, 0.15) is 45.4 Å². The molecule has 2 unspecified atom stereocenters. The highest BCUT2D eigenvalue weighted by molar-refractivity contribution is 5.76. The normalized spacial score (nSPS) is 31.6. The van der Waals surface area contributed by atoms with E-state index in [0.717, 1.165) is 38.8 Å². The van der Waals surface area contributed by atoms with E-state index in [1.807, 2.05) is 0 Å². The van der Waals surface area contributed by atoms with E-state index in [4.69, 9.17) is 9.47 Å². The first-order chi connectivity index (χ1) is 9.18. The lowest BCUT2D eigenvalue weighted by atomic mass is 9.87. The van der Waals surface area contributed by atoms with Crippen molar-refractivity contribution in [3.05, 3.63) is 13.2 Å². The van der Waals surface area contributed by atoms with Crippen LogP contribution in [0.2, 0.25) is 0 Å². The Bertz CT molecular complexity index is 277. The summed E-state index contributed by atoms with van der Waals surface area (Å²) in [6.45, 7) is 10.4. The Labute approximate surface area is 116 Å². The third-order valence-electron chi connectivity index (χ3n) is 3.65. The van der Waals surface area contributed by atoms with Gasteiger partial charge in [-0.05, 0) is 32.1 Å². The van der Waals surface area contributed by atoms with E-state index in [1.54, 1.807) is 0 Å². The van der Waals surface area contributed by atoms with Gasteiger partial charge in [-0.3, -0.25) is 4.79 Å². The van der Waals surface area contributed by atoms with Crippen molar-refractivity contribution in [2.24, 2.45) is 5.41 Å². The van der Waals surface area contributed by atoms with Crippen molar-refractivity contribution >= 4 is 5.91 Å². The van der Waals surface area contributed by atoms with Gasteiger partial charge < -0.3 is 14.8 Å². The van der Waals surface area contributed by atoms with E-state index in [-0.39, 0.29) is 17.6 Å². The second-order valence-corrected chi connectivity index (χ2v) is 5.55. The Kier molecular flexibility index (Phi) is 7.10. The summed E-state index contributed by atoms with van der Waals surface area (Å²) < 4.78 is 11.4. The average Bonchev–Trinajstić information content (AvgIpc) is 2.63. The van der Waals surface area contributed by atoms with Crippen molar-refractivity contribution in [2.45, 2.75) is 51.7 Å². The SMILES string of the molecule is C=C.CC1(COC2CCCCO2)CCCC(=O)NC1. The van der Waals surface area contributed by atoms with Gasteiger partial charge in [-0.15, -0.1) is 13.2 Å². The van der Waals surface area contributed by atoms with Crippen LogP contribution in [0.25, 0.3) is 0 Å². The quantitative estimate of drug-likeness (QED) is 0.801. The first kappa shape index (κ1) is 16.2. The van der Waals surface area contributed by atoms with Gasteiger partial charge in [0.15, 0.2) is 6.29 Å². The third-order valence-corrected chi connectivity index (χ3v) is 3.65. The highest BCUT2D eigenvalue weighted by atomic mass is 16.7. The Balaban J connectivity index is 0.000000861. The lowest BCUT2D eigenvalue weighted by molar-refractivity contribution is -0.177. The molecule has 1 amide bonds. The van der Waals surface area contributed by atoms with Gasteiger partial charge in [0.05, 0.1) is 6.61 Å². The largest absolute Gasteiger partial charge is 0.355 e. The van der Waals surface area contributed by atoms with Gasteiger partial charge in [0.1, 0.15) is 0 Å². The third kappa shape index (κ3) is 5.74. The molecule has 0 saturated carbocycles. The van der Waals surface area contributed by atoms with E-state index in [9.17, 15) is 4.79 Å².